The van der Waals surface area contributed by atoms with Gasteiger partial charge in [0.1, 0.15) is 0 Å². The van der Waals surface area contributed by atoms with Gasteiger partial charge in [0.05, 0.1) is 0 Å². The molecule has 132 valence electrons. The molecule has 0 saturated heterocycles. The highest BCUT2D eigenvalue weighted by molar-refractivity contribution is 5.76. The third kappa shape index (κ3) is 4.37. The van der Waals surface area contributed by atoms with Crippen molar-refractivity contribution < 1.29 is 9.90 Å². The van der Waals surface area contributed by atoms with E-state index in [9.17, 15) is 4.79 Å². The van der Waals surface area contributed by atoms with E-state index in [1.165, 1.54) is 12.8 Å². The Bertz CT molecular complexity index is 416. The van der Waals surface area contributed by atoms with Crippen LogP contribution in [0.15, 0.2) is 12.2 Å². The number of allylic oxidation sites excluding steroid dienone is 2. The van der Waals surface area contributed by atoms with Gasteiger partial charge in [-0.25, -0.2) is 0 Å². The molecule has 0 aliphatic heterocycles. The molecule has 23 heavy (non-hydrogen) atoms. The van der Waals surface area contributed by atoms with E-state index in [1.807, 2.05) is 0 Å². The molecular weight excluding hydrogens is 286 g/mol. The molecule has 0 aromatic carbocycles. The lowest BCUT2D eigenvalue weighted by Crippen LogP contribution is -2.63. The molecule has 3 fully saturated rings. The predicted molar refractivity (Wildman–Crippen MR) is 95.0 cm³/mol. The molecule has 4 atom stereocenters. The van der Waals surface area contributed by atoms with Crippen LogP contribution in [0.25, 0.3) is 0 Å². The van der Waals surface area contributed by atoms with Gasteiger partial charge in [-0.15, -0.1) is 0 Å². The molecule has 2 N–H and O–H groups in total. The van der Waals surface area contributed by atoms with Gasteiger partial charge in [-0.05, 0) is 68.1 Å². The van der Waals surface area contributed by atoms with Gasteiger partial charge in [0, 0.05) is 19.1 Å². The second kappa shape index (κ2) is 8.32. The van der Waals surface area contributed by atoms with Crippen LogP contribution in [0.1, 0.15) is 72.1 Å². The average Bonchev–Trinajstić information content (AvgIpc) is 2.51. The monoisotopic (exact) mass is 321 g/mol. The molecule has 3 aliphatic rings. The van der Waals surface area contributed by atoms with Crippen molar-refractivity contribution >= 4 is 5.91 Å². The average molecular weight is 322 g/mol. The third-order valence-corrected chi connectivity index (χ3v) is 6.26. The molecule has 1 amide bonds. The highest BCUT2D eigenvalue weighted by atomic mass is 16.2. The molecule has 0 heterocycles. The number of amides is 1. The molecule has 0 aromatic heterocycles. The molecule has 3 aliphatic carbocycles. The number of carbonyl (C=O) groups excluding carboxylic acids is 1. The van der Waals surface area contributed by atoms with E-state index in [2.05, 4.69) is 38.2 Å². The van der Waals surface area contributed by atoms with E-state index in [1.54, 1.807) is 0 Å². The van der Waals surface area contributed by atoms with E-state index < -0.39 is 0 Å². The van der Waals surface area contributed by atoms with Gasteiger partial charge in [-0.2, -0.15) is 0 Å². The summed E-state index contributed by atoms with van der Waals surface area (Å²) in [7, 11) is 0. The summed E-state index contributed by atoms with van der Waals surface area (Å²) in [4.78, 5) is 12.1. The Morgan fingerprint density at radius 1 is 1.26 bits per heavy atom. The molecule has 3 nitrogen and oxygen atoms in total. The summed E-state index contributed by atoms with van der Waals surface area (Å²) in [6, 6.07) is 0.358. The van der Waals surface area contributed by atoms with Crippen molar-refractivity contribution in [2.24, 2.45) is 23.2 Å². The van der Waals surface area contributed by atoms with Crippen molar-refractivity contribution in [3.05, 3.63) is 12.2 Å². The van der Waals surface area contributed by atoms with Crippen molar-refractivity contribution in [2.75, 3.05) is 6.61 Å². The van der Waals surface area contributed by atoms with Crippen LogP contribution in [0, 0.1) is 23.2 Å². The summed E-state index contributed by atoms with van der Waals surface area (Å²) in [6.07, 6.45) is 12.8. The first-order valence-corrected chi connectivity index (χ1v) is 9.55. The van der Waals surface area contributed by atoms with E-state index >= 15 is 0 Å². The lowest BCUT2D eigenvalue weighted by atomic mass is 9.44. The zero-order valence-corrected chi connectivity index (χ0v) is 15.2. The van der Waals surface area contributed by atoms with Crippen LogP contribution in [0.2, 0.25) is 0 Å². The fraction of sp³-hybridized carbons (Fsp3) is 0.850. The van der Waals surface area contributed by atoms with Gasteiger partial charge in [-0.3, -0.25) is 4.79 Å². The summed E-state index contributed by atoms with van der Waals surface area (Å²) in [5.74, 6) is 2.31. The van der Waals surface area contributed by atoms with Crippen molar-refractivity contribution in [2.45, 2.75) is 78.2 Å². The van der Waals surface area contributed by atoms with Gasteiger partial charge >= 0.3 is 0 Å². The third-order valence-electron chi connectivity index (χ3n) is 6.26. The summed E-state index contributed by atoms with van der Waals surface area (Å²) in [6.45, 7) is 7.12. The van der Waals surface area contributed by atoms with Crippen LogP contribution in [0.4, 0.5) is 0 Å². The van der Waals surface area contributed by atoms with Gasteiger partial charge in [0.25, 0.3) is 0 Å². The number of rotatable bonds is 9. The summed E-state index contributed by atoms with van der Waals surface area (Å²) >= 11 is 0. The summed E-state index contributed by atoms with van der Waals surface area (Å²) in [5, 5.41) is 12.2. The minimum absolute atomic E-state index is 0.232. The maximum absolute atomic E-state index is 12.1. The first-order valence-electron chi connectivity index (χ1n) is 9.55. The zero-order chi connectivity index (χ0) is 16.9. The lowest BCUT2D eigenvalue weighted by Gasteiger charge is -2.62. The Morgan fingerprint density at radius 3 is 2.70 bits per heavy atom. The van der Waals surface area contributed by atoms with Crippen molar-refractivity contribution in [3.8, 4) is 0 Å². The molecule has 2 bridgehead atoms. The van der Waals surface area contributed by atoms with E-state index in [-0.39, 0.29) is 5.91 Å². The Kier molecular flexibility index (Phi) is 6.70. The fourth-order valence-corrected chi connectivity index (χ4v) is 4.62. The number of hydrogen-bond donors (Lipinski definition) is 2. The molecule has 1 unspecified atom stereocenters. The lowest BCUT2D eigenvalue weighted by molar-refractivity contribution is -0.136. The molecule has 0 aromatic rings. The quantitative estimate of drug-likeness (QED) is 0.497. The van der Waals surface area contributed by atoms with Crippen molar-refractivity contribution in [3.63, 3.8) is 0 Å². The fourth-order valence-electron chi connectivity index (χ4n) is 4.62. The zero-order valence-electron chi connectivity index (χ0n) is 15.2. The SMILES string of the molecule is CCCC(=O)NC1[C@@H](C/C=C\CCCCO)C[C@@H]2C[C@H]1C2(C)C. The first-order chi connectivity index (χ1) is 11.0. The molecule has 3 rings (SSSR count). The van der Waals surface area contributed by atoms with Gasteiger partial charge in [0.2, 0.25) is 5.91 Å². The Morgan fingerprint density at radius 2 is 2.04 bits per heavy atom. The van der Waals surface area contributed by atoms with Crippen molar-refractivity contribution in [1.29, 1.82) is 0 Å². The normalized spacial score (nSPS) is 31.8. The second-order valence-corrected chi connectivity index (χ2v) is 8.13. The van der Waals surface area contributed by atoms with Crippen molar-refractivity contribution in [1.82, 2.24) is 5.32 Å². The van der Waals surface area contributed by atoms with Crippen LogP contribution >= 0.6 is 0 Å². The van der Waals surface area contributed by atoms with Crippen LogP contribution in [0.3, 0.4) is 0 Å². The summed E-state index contributed by atoms with van der Waals surface area (Å²) < 4.78 is 0. The topological polar surface area (TPSA) is 49.3 Å². The minimum Gasteiger partial charge on any atom is -0.396 e. The first kappa shape index (κ1) is 18.5. The second-order valence-electron chi connectivity index (χ2n) is 8.13. The number of unbranched alkanes of at least 4 members (excludes halogenated alkanes) is 2. The van der Waals surface area contributed by atoms with Gasteiger partial charge < -0.3 is 10.4 Å². The van der Waals surface area contributed by atoms with Gasteiger partial charge in [-0.1, -0.05) is 32.9 Å². The molecule has 0 spiro atoms. The molecule has 3 saturated carbocycles. The van der Waals surface area contributed by atoms with Gasteiger partial charge in [0.15, 0.2) is 0 Å². The highest BCUT2D eigenvalue weighted by Gasteiger charge is 2.57. The predicted octanol–water partition coefficient (Wildman–Crippen LogP) is 4.06. The van der Waals surface area contributed by atoms with Crippen LogP contribution in [0.5, 0.6) is 0 Å². The van der Waals surface area contributed by atoms with E-state index in [0.717, 1.165) is 38.0 Å². The molecular formula is C20H35NO2. The molecule has 3 heteroatoms. The number of hydrogen-bond acceptors (Lipinski definition) is 2. The number of aliphatic hydroxyl groups excluding tert-OH is 1. The number of carbonyl (C=O) groups is 1. The maximum atomic E-state index is 12.1. The smallest absolute Gasteiger partial charge is 0.220 e. The van der Waals surface area contributed by atoms with Crippen LogP contribution in [-0.2, 0) is 4.79 Å². The number of aliphatic hydroxyl groups is 1. The Hall–Kier alpha value is -0.830. The number of fused-ring (bicyclic) bond motifs is 2. The van der Waals surface area contributed by atoms with Crippen LogP contribution < -0.4 is 5.32 Å². The Balaban J connectivity index is 1.90. The Labute approximate surface area is 141 Å². The molecule has 0 radical (unpaired) electrons. The van der Waals surface area contributed by atoms with E-state index in [4.69, 9.17) is 5.11 Å². The van der Waals surface area contributed by atoms with E-state index in [0.29, 0.717) is 36.3 Å². The maximum Gasteiger partial charge on any atom is 0.220 e. The summed E-state index contributed by atoms with van der Waals surface area (Å²) in [5.41, 5.74) is 0.394. The highest BCUT2D eigenvalue weighted by Crippen LogP contribution is 2.61. The largest absolute Gasteiger partial charge is 0.396 e. The number of nitrogens with one attached hydrogen (secondary N) is 1. The van der Waals surface area contributed by atoms with Crippen LogP contribution in [-0.4, -0.2) is 23.7 Å². The standard InChI is InChI=1S/C20H35NO2/c1-4-10-18(23)21-19-15(11-8-6-5-7-9-12-22)13-16-14-17(19)20(16,2)3/h6,8,15-17,19,22H,4-5,7,9-14H2,1-3H3,(H,21,23)/b8-6-/t15-,16+,17+,19?/m0/s1. The minimum atomic E-state index is 0.232.